The van der Waals surface area contributed by atoms with E-state index >= 15 is 0 Å². The van der Waals surface area contributed by atoms with Crippen molar-refractivity contribution in [1.29, 1.82) is 0 Å². The summed E-state index contributed by atoms with van der Waals surface area (Å²) >= 11 is 14.4. The molecule has 1 aromatic heterocycles. The third kappa shape index (κ3) is 4.38. The number of thiazole rings is 1. The molecule has 3 aliphatic rings. The predicted molar refractivity (Wildman–Crippen MR) is 146 cm³/mol. The van der Waals surface area contributed by atoms with E-state index in [9.17, 15) is 19.2 Å². The molecule has 2 saturated heterocycles. The molecule has 38 heavy (non-hydrogen) atoms. The first-order chi connectivity index (χ1) is 18.3. The Morgan fingerprint density at radius 2 is 1.55 bits per heavy atom. The van der Waals surface area contributed by atoms with Crippen molar-refractivity contribution < 1.29 is 19.1 Å². The lowest BCUT2D eigenvalue weighted by atomic mass is 9.83. The predicted octanol–water partition coefficient (Wildman–Crippen LogP) is 3.87. The van der Waals surface area contributed by atoms with Crippen LogP contribution in [-0.4, -0.2) is 58.7 Å². The highest BCUT2D eigenvalue weighted by Crippen LogP contribution is 2.54. The fraction of sp³-hybridized carbons (Fsp3) is 0.308. The lowest BCUT2D eigenvalue weighted by molar-refractivity contribution is -0.136. The molecule has 6 rings (SSSR count). The molecule has 2 fully saturated rings. The summed E-state index contributed by atoms with van der Waals surface area (Å²) in [6.45, 7) is 1.71. The second-order valence-electron chi connectivity index (χ2n) is 9.20. The number of hydrogen-bond donors (Lipinski definition) is 0. The molecule has 2 aromatic carbocycles. The molecule has 0 N–H and O–H groups in total. The average molecular weight is 591 g/mol. The maximum atomic E-state index is 13.9. The highest BCUT2D eigenvalue weighted by Gasteiger charge is 2.56. The van der Waals surface area contributed by atoms with Crippen molar-refractivity contribution in [2.24, 2.45) is 5.92 Å². The monoisotopic (exact) mass is 589 g/mol. The van der Waals surface area contributed by atoms with E-state index in [1.807, 2.05) is 12.1 Å². The largest absolute Gasteiger partial charge is 0.378 e. The summed E-state index contributed by atoms with van der Waals surface area (Å²) in [5.41, 5.74) is 1.22. The minimum absolute atomic E-state index is 0.134. The number of hydrogen-bond acceptors (Lipinski definition) is 7. The second-order valence-corrected chi connectivity index (χ2v) is 12.2. The zero-order valence-electron chi connectivity index (χ0n) is 19.8. The molecule has 0 aliphatic carbocycles. The first kappa shape index (κ1) is 25.6. The number of imide groups is 1. The SMILES string of the molecule is O=C(Cn1c2c(sc1=O)[C@@H](c1ccc(Cl)cc1)C1C(=O)N(c3ccc(Cl)cc3)C(=O)C1S2)N1CCOCC1. The summed E-state index contributed by atoms with van der Waals surface area (Å²) in [6.07, 6.45) is 0. The Morgan fingerprint density at radius 1 is 0.921 bits per heavy atom. The Morgan fingerprint density at radius 3 is 2.21 bits per heavy atom. The molecule has 0 saturated carbocycles. The number of halogens is 2. The summed E-state index contributed by atoms with van der Waals surface area (Å²) < 4.78 is 6.79. The molecular formula is C26H21Cl2N3O5S2. The summed E-state index contributed by atoms with van der Waals surface area (Å²) in [7, 11) is 0. The molecule has 2 unspecified atom stereocenters. The van der Waals surface area contributed by atoms with Crippen LogP contribution in [0.1, 0.15) is 16.4 Å². The summed E-state index contributed by atoms with van der Waals surface area (Å²) in [6, 6.07) is 13.7. The molecule has 196 valence electrons. The number of fused-ring (bicyclic) bond motifs is 2. The van der Waals surface area contributed by atoms with Crippen LogP contribution in [0.3, 0.4) is 0 Å². The third-order valence-corrected chi connectivity index (χ3v) is 10.1. The number of carbonyl (C=O) groups excluding carboxylic acids is 3. The van der Waals surface area contributed by atoms with Crippen LogP contribution in [0, 0.1) is 5.92 Å². The molecule has 4 heterocycles. The molecule has 0 bridgehead atoms. The lowest BCUT2D eigenvalue weighted by Crippen LogP contribution is -2.43. The molecule has 3 aromatic rings. The van der Waals surface area contributed by atoms with Crippen molar-refractivity contribution in [2.45, 2.75) is 22.7 Å². The molecule has 0 spiro atoms. The molecule has 8 nitrogen and oxygen atoms in total. The Balaban J connectivity index is 1.43. The van der Waals surface area contributed by atoms with Crippen LogP contribution in [-0.2, 0) is 25.7 Å². The number of amides is 3. The van der Waals surface area contributed by atoms with Crippen LogP contribution < -0.4 is 9.77 Å². The number of carbonyl (C=O) groups is 3. The number of aromatic nitrogens is 1. The zero-order valence-corrected chi connectivity index (χ0v) is 23.0. The highest BCUT2D eigenvalue weighted by atomic mass is 35.5. The summed E-state index contributed by atoms with van der Waals surface area (Å²) in [5.74, 6) is -2.14. The van der Waals surface area contributed by atoms with Gasteiger partial charge in [-0.3, -0.25) is 23.7 Å². The Hall–Kier alpha value is -2.63. The normalized spacial score (nSPS) is 22.9. The number of anilines is 1. The molecule has 3 aliphatic heterocycles. The van der Waals surface area contributed by atoms with Crippen molar-refractivity contribution in [3.05, 3.63) is 78.7 Å². The number of benzene rings is 2. The molecule has 0 radical (unpaired) electrons. The van der Waals surface area contributed by atoms with E-state index in [0.29, 0.717) is 51.9 Å². The average Bonchev–Trinajstić information content (AvgIpc) is 3.36. The van der Waals surface area contributed by atoms with E-state index in [1.54, 1.807) is 41.3 Å². The minimum atomic E-state index is -0.759. The maximum absolute atomic E-state index is 13.9. The van der Waals surface area contributed by atoms with Crippen molar-refractivity contribution in [2.75, 3.05) is 31.2 Å². The van der Waals surface area contributed by atoms with Crippen LogP contribution in [0.5, 0.6) is 0 Å². The van der Waals surface area contributed by atoms with Crippen molar-refractivity contribution in [3.63, 3.8) is 0 Å². The van der Waals surface area contributed by atoms with E-state index in [1.165, 1.54) is 21.2 Å². The van der Waals surface area contributed by atoms with E-state index in [4.69, 9.17) is 27.9 Å². The smallest absolute Gasteiger partial charge is 0.308 e. The Kier molecular flexibility index (Phi) is 6.86. The quantitative estimate of drug-likeness (QED) is 0.429. The van der Waals surface area contributed by atoms with Gasteiger partial charge >= 0.3 is 4.87 Å². The van der Waals surface area contributed by atoms with Gasteiger partial charge in [-0.05, 0) is 42.0 Å². The third-order valence-electron chi connectivity index (χ3n) is 7.02. The number of thioether (sulfide) groups is 1. The van der Waals surface area contributed by atoms with Crippen molar-refractivity contribution in [3.8, 4) is 0 Å². The van der Waals surface area contributed by atoms with E-state index in [-0.39, 0.29) is 29.1 Å². The van der Waals surface area contributed by atoms with E-state index < -0.39 is 17.1 Å². The van der Waals surface area contributed by atoms with Gasteiger partial charge in [0.2, 0.25) is 17.7 Å². The molecule has 12 heteroatoms. The summed E-state index contributed by atoms with van der Waals surface area (Å²) in [4.78, 5) is 57.1. The Labute approximate surface area is 236 Å². The van der Waals surface area contributed by atoms with Gasteiger partial charge in [0.1, 0.15) is 11.8 Å². The van der Waals surface area contributed by atoms with Gasteiger partial charge in [0.15, 0.2) is 0 Å². The van der Waals surface area contributed by atoms with Gasteiger partial charge in [0.05, 0.1) is 29.8 Å². The Bertz CT molecular complexity index is 1480. The van der Waals surface area contributed by atoms with Crippen molar-refractivity contribution >= 4 is 69.7 Å². The van der Waals surface area contributed by atoms with Gasteiger partial charge in [0.25, 0.3) is 0 Å². The van der Waals surface area contributed by atoms with Crippen LogP contribution in [0.15, 0.2) is 58.4 Å². The fourth-order valence-electron chi connectivity index (χ4n) is 5.18. The fourth-order valence-corrected chi connectivity index (χ4v) is 8.20. The molecule has 3 atom stereocenters. The first-order valence-electron chi connectivity index (χ1n) is 12.0. The maximum Gasteiger partial charge on any atom is 0.308 e. The summed E-state index contributed by atoms with van der Waals surface area (Å²) in [5, 5.41) is 0.830. The van der Waals surface area contributed by atoms with Crippen LogP contribution in [0.4, 0.5) is 5.69 Å². The number of nitrogens with zero attached hydrogens (tertiary/aromatic N) is 3. The molecule has 3 amide bonds. The standard InChI is InChI=1S/C26H21Cl2N3O5S2/c27-15-3-1-14(2-4-15)19-20-21(24(34)31(23(20)33)17-7-5-16(28)6-8-17)37-25-22(19)38-26(35)30(25)13-18(32)29-9-11-36-12-10-29/h1-8,19-21H,9-13H2/t19-,20?,21?/m0/s1. The lowest BCUT2D eigenvalue weighted by Gasteiger charge is -2.31. The number of morpholine rings is 1. The topological polar surface area (TPSA) is 88.9 Å². The van der Waals surface area contributed by atoms with Gasteiger partial charge < -0.3 is 9.64 Å². The van der Waals surface area contributed by atoms with Gasteiger partial charge in [-0.15, -0.1) is 0 Å². The molecular weight excluding hydrogens is 569 g/mol. The zero-order chi connectivity index (χ0) is 26.6. The highest BCUT2D eigenvalue weighted by molar-refractivity contribution is 8.00. The second kappa shape index (κ2) is 10.2. The minimum Gasteiger partial charge on any atom is -0.378 e. The van der Waals surface area contributed by atoms with E-state index in [0.717, 1.165) is 16.9 Å². The van der Waals surface area contributed by atoms with Gasteiger partial charge in [-0.1, -0.05) is 58.4 Å². The van der Waals surface area contributed by atoms with E-state index in [2.05, 4.69) is 0 Å². The van der Waals surface area contributed by atoms with Gasteiger partial charge in [0, 0.05) is 33.9 Å². The van der Waals surface area contributed by atoms with Gasteiger partial charge in [-0.2, -0.15) is 0 Å². The number of rotatable bonds is 4. The number of ether oxygens (including phenoxy) is 1. The van der Waals surface area contributed by atoms with Crippen molar-refractivity contribution in [1.82, 2.24) is 9.47 Å². The van der Waals surface area contributed by atoms with Gasteiger partial charge in [-0.25, -0.2) is 4.90 Å². The first-order valence-corrected chi connectivity index (χ1v) is 14.4. The van der Waals surface area contributed by atoms with Crippen LogP contribution >= 0.6 is 46.3 Å². The van der Waals surface area contributed by atoms with Crippen LogP contribution in [0.25, 0.3) is 0 Å². The van der Waals surface area contributed by atoms with Crippen LogP contribution in [0.2, 0.25) is 10.0 Å².